The van der Waals surface area contributed by atoms with Crippen LogP contribution in [0.2, 0.25) is 0 Å². The third kappa shape index (κ3) is 3.61. The van der Waals surface area contributed by atoms with Crippen molar-refractivity contribution in [3.63, 3.8) is 0 Å². The van der Waals surface area contributed by atoms with Crippen molar-refractivity contribution in [1.29, 1.82) is 0 Å². The Morgan fingerprint density at radius 1 is 1.29 bits per heavy atom. The minimum absolute atomic E-state index is 0.782. The van der Waals surface area contributed by atoms with Crippen molar-refractivity contribution >= 4 is 0 Å². The van der Waals surface area contributed by atoms with Crippen LogP contribution in [-0.2, 0) is 0 Å². The third-order valence-corrected chi connectivity index (χ3v) is 3.50. The first-order chi connectivity index (χ1) is 6.63. The molecule has 3 atom stereocenters. The molecule has 1 aliphatic carbocycles. The lowest BCUT2D eigenvalue weighted by molar-refractivity contribution is 0.308. The van der Waals surface area contributed by atoms with Gasteiger partial charge in [-0.2, -0.15) is 0 Å². The van der Waals surface area contributed by atoms with Crippen molar-refractivity contribution in [2.24, 2.45) is 17.8 Å². The van der Waals surface area contributed by atoms with Gasteiger partial charge in [0.1, 0.15) is 0 Å². The van der Waals surface area contributed by atoms with Gasteiger partial charge < -0.3 is 5.32 Å². The van der Waals surface area contributed by atoms with E-state index in [9.17, 15) is 0 Å². The first-order valence-corrected chi connectivity index (χ1v) is 6.36. The van der Waals surface area contributed by atoms with Gasteiger partial charge >= 0.3 is 0 Å². The van der Waals surface area contributed by atoms with Gasteiger partial charge in [-0.05, 0) is 43.6 Å². The summed E-state index contributed by atoms with van der Waals surface area (Å²) in [6.45, 7) is 10.4. The van der Waals surface area contributed by atoms with Crippen LogP contribution < -0.4 is 5.32 Å². The summed E-state index contributed by atoms with van der Waals surface area (Å²) in [6, 6.07) is 0.782. The second kappa shape index (κ2) is 5.75. The van der Waals surface area contributed by atoms with E-state index in [1.807, 2.05) is 0 Å². The fraction of sp³-hybridized carbons (Fsp3) is 1.00. The van der Waals surface area contributed by atoms with Crippen LogP contribution in [-0.4, -0.2) is 12.6 Å². The normalized spacial score (nSPS) is 29.8. The van der Waals surface area contributed by atoms with Crippen LogP contribution in [0.4, 0.5) is 0 Å². The predicted molar refractivity (Wildman–Crippen MR) is 63.4 cm³/mol. The minimum atomic E-state index is 0.782. The maximum atomic E-state index is 3.68. The Morgan fingerprint density at radius 2 is 2.00 bits per heavy atom. The van der Waals surface area contributed by atoms with Gasteiger partial charge in [0.2, 0.25) is 0 Å². The molecule has 1 N–H and O–H groups in total. The molecule has 0 saturated heterocycles. The average Bonchev–Trinajstić information content (AvgIpc) is 2.50. The summed E-state index contributed by atoms with van der Waals surface area (Å²) in [5.74, 6) is 2.75. The van der Waals surface area contributed by atoms with E-state index >= 15 is 0 Å². The van der Waals surface area contributed by atoms with Crippen molar-refractivity contribution in [1.82, 2.24) is 5.32 Å². The van der Waals surface area contributed by atoms with Gasteiger partial charge in [-0.25, -0.2) is 0 Å². The zero-order valence-electron chi connectivity index (χ0n) is 10.3. The van der Waals surface area contributed by atoms with Crippen LogP contribution in [0.5, 0.6) is 0 Å². The highest BCUT2D eigenvalue weighted by molar-refractivity contribution is 4.83. The minimum Gasteiger partial charge on any atom is -0.314 e. The summed E-state index contributed by atoms with van der Waals surface area (Å²) in [6.07, 6.45) is 5.70. The first-order valence-electron chi connectivity index (χ1n) is 6.36. The van der Waals surface area contributed by atoms with Gasteiger partial charge in [0.05, 0.1) is 0 Å². The molecule has 0 radical (unpaired) electrons. The fourth-order valence-electron chi connectivity index (χ4n) is 2.83. The maximum absolute atomic E-state index is 3.68. The van der Waals surface area contributed by atoms with Gasteiger partial charge in [0, 0.05) is 6.04 Å². The molecule has 14 heavy (non-hydrogen) atoms. The van der Waals surface area contributed by atoms with E-state index in [1.54, 1.807) is 0 Å². The summed E-state index contributed by atoms with van der Waals surface area (Å²) in [5.41, 5.74) is 0. The quantitative estimate of drug-likeness (QED) is 0.712. The second-order valence-electron chi connectivity index (χ2n) is 5.47. The molecule has 0 aliphatic heterocycles. The summed E-state index contributed by atoms with van der Waals surface area (Å²) in [7, 11) is 0. The Hall–Kier alpha value is -0.0400. The second-order valence-corrected chi connectivity index (χ2v) is 5.47. The Kier molecular flexibility index (Phi) is 4.94. The van der Waals surface area contributed by atoms with Crippen molar-refractivity contribution in [2.75, 3.05) is 6.54 Å². The highest BCUT2D eigenvalue weighted by Gasteiger charge is 2.28. The van der Waals surface area contributed by atoms with Crippen LogP contribution >= 0.6 is 0 Å². The molecule has 3 unspecified atom stereocenters. The summed E-state index contributed by atoms with van der Waals surface area (Å²) in [5, 5.41) is 3.68. The number of nitrogens with one attached hydrogen (secondary N) is 1. The highest BCUT2D eigenvalue weighted by atomic mass is 14.9. The van der Waals surface area contributed by atoms with Crippen LogP contribution in [0.3, 0.4) is 0 Å². The lowest BCUT2D eigenvalue weighted by atomic mass is 9.90. The molecule has 0 spiro atoms. The molecule has 1 saturated carbocycles. The van der Waals surface area contributed by atoms with Gasteiger partial charge in [0.25, 0.3) is 0 Å². The molecule has 1 fully saturated rings. The van der Waals surface area contributed by atoms with E-state index in [0.29, 0.717) is 0 Å². The third-order valence-electron chi connectivity index (χ3n) is 3.50. The largest absolute Gasteiger partial charge is 0.314 e. The van der Waals surface area contributed by atoms with Crippen LogP contribution in [0.1, 0.15) is 53.4 Å². The molecular weight excluding hydrogens is 170 g/mol. The molecule has 0 aromatic heterocycles. The van der Waals surface area contributed by atoms with Crippen molar-refractivity contribution in [3.8, 4) is 0 Å². The lowest BCUT2D eigenvalue weighted by Gasteiger charge is -2.26. The molecule has 84 valence electrons. The van der Waals surface area contributed by atoms with E-state index in [-0.39, 0.29) is 0 Å². The number of hydrogen-bond acceptors (Lipinski definition) is 1. The van der Waals surface area contributed by atoms with Gasteiger partial charge in [-0.1, -0.05) is 34.1 Å². The van der Waals surface area contributed by atoms with Crippen LogP contribution in [0.25, 0.3) is 0 Å². The van der Waals surface area contributed by atoms with E-state index in [1.165, 1.54) is 25.7 Å². The standard InChI is InChI=1S/C13H27N/c1-5-14-13(8-10(2)3)12-7-6-11(4)9-12/h10-14H,5-9H2,1-4H3. The molecule has 1 aliphatic rings. The van der Waals surface area contributed by atoms with E-state index in [0.717, 1.165) is 30.3 Å². The van der Waals surface area contributed by atoms with Crippen molar-refractivity contribution in [3.05, 3.63) is 0 Å². The molecule has 1 heteroatoms. The topological polar surface area (TPSA) is 12.0 Å². The molecule has 0 amide bonds. The predicted octanol–water partition coefficient (Wildman–Crippen LogP) is 3.45. The van der Waals surface area contributed by atoms with Gasteiger partial charge in [-0.15, -0.1) is 0 Å². The zero-order valence-corrected chi connectivity index (χ0v) is 10.3. The fourth-order valence-corrected chi connectivity index (χ4v) is 2.83. The Morgan fingerprint density at radius 3 is 2.43 bits per heavy atom. The van der Waals surface area contributed by atoms with Gasteiger partial charge in [-0.3, -0.25) is 0 Å². The first kappa shape index (κ1) is 12.0. The van der Waals surface area contributed by atoms with Crippen LogP contribution in [0, 0.1) is 17.8 Å². The van der Waals surface area contributed by atoms with Crippen LogP contribution in [0.15, 0.2) is 0 Å². The lowest BCUT2D eigenvalue weighted by Crippen LogP contribution is -2.36. The molecule has 0 aromatic carbocycles. The zero-order chi connectivity index (χ0) is 10.6. The van der Waals surface area contributed by atoms with Gasteiger partial charge in [0.15, 0.2) is 0 Å². The molecule has 0 aromatic rings. The van der Waals surface area contributed by atoms with Crippen molar-refractivity contribution in [2.45, 2.75) is 59.4 Å². The molecule has 1 nitrogen and oxygen atoms in total. The summed E-state index contributed by atoms with van der Waals surface area (Å²) in [4.78, 5) is 0. The average molecular weight is 197 g/mol. The molecular formula is C13H27N. The smallest absolute Gasteiger partial charge is 0.00977 e. The Labute approximate surface area is 89.7 Å². The Bertz CT molecular complexity index is 153. The number of hydrogen-bond donors (Lipinski definition) is 1. The van der Waals surface area contributed by atoms with E-state index < -0.39 is 0 Å². The summed E-state index contributed by atoms with van der Waals surface area (Å²) >= 11 is 0. The van der Waals surface area contributed by atoms with E-state index in [4.69, 9.17) is 0 Å². The molecule has 0 heterocycles. The molecule has 1 rings (SSSR count). The maximum Gasteiger partial charge on any atom is 0.00977 e. The molecule has 0 bridgehead atoms. The van der Waals surface area contributed by atoms with Crippen molar-refractivity contribution < 1.29 is 0 Å². The number of rotatable bonds is 5. The highest BCUT2D eigenvalue weighted by Crippen LogP contribution is 2.34. The SMILES string of the molecule is CCNC(CC(C)C)C1CCC(C)C1. The van der Waals surface area contributed by atoms with E-state index in [2.05, 4.69) is 33.0 Å². The monoisotopic (exact) mass is 197 g/mol. The Balaban J connectivity index is 2.41. The summed E-state index contributed by atoms with van der Waals surface area (Å²) < 4.78 is 0.